The molecule has 0 atom stereocenters. The quantitative estimate of drug-likeness (QED) is 0.729. The van der Waals surface area contributed by atoms with E-state index in [1.807, 2.05) is 0 Å². The molecule has 0 aromatic heterocycles. The number of para-hydroxylation sites is 2. The van der Waals surface area contributed by atoms with E-state index in [1.54, 1.807) is 24.3 Å². The molecule has 23 heavy (non-hydrogen) atoms. The summed E-state index contributed by atoms with van der Waals surface area (Å²) in [6.07, 6.45) is 1.43. The monoisotopic (exact) mass is 345 g/mol. The van der Waals surface area contributed by atoms with Crippen LogP contribution in [0.3, 0.4) is 0 Å². The molecule has 0 radical (unpaired) electrons. The van der Waals surface area contributed by atoms with Gasteiger partial charge in [-0.1, -0.05) is 12.1 Å². The van der Waals surface area contributed by atoms with E-state index in [-0.39, 0.29) is 24.1 Å². The van der Waals surface area contributed by atoms with Crippen molar-refractivity contribution in [1.29, 1.82) is 0 Å². The number of phenols is 1. The highest BCUT2D eigenvalue weighted by atomic mass is 35.5. The van der Waals surface area contributed by atoms with E-state index in [4.69, 9.17) is 5.11 Å². The van der Waals surface area contributed by atoms with E-state index in [0.717, 1.165) is 18.0 Å². The smallest absolute Gasteiger partial charge is 0.406 e. The summed E-state index contributed by atoms with van der Waals surface area (Å²) in [4.78, 5) is 24.5. The normalized spacial score (nSPS) is 13.3. The molecule has 0 spiro atoms. The molecule has 2 rings (SSSR count). The van der Waals surface area contributed by atoms with Crippen molar-refractivity contribution in [3.63, 3.8) is 0 Å². The number of benzene rings is 1. The molecule has 0 aliphatic carbocycles. The van der Waals surface area contributed by atoms with Gasteiger partial charge in [-0.05, 0) is 38.1 Å². The van der Waals surface area contributed by atoms with Gasteiger partial charge in [0, 0.05) is 14.1 Å². The predicted molar refractivity (Wildman–Crippen MR) is 91.4 cm³/mol. The minimum absolute atomic E-state index is 0. The number of rotatable bonds is 3. The van der Waals surface area contributed by atoms with Crippen LogP contribution in [0, 0.1) is 0 Å². The molecule has 1 aliphatic rings. The van der Waals surface area contributed by atoms with Crippen LogP contribution in [0.2, 0.25) is 0 Å². The van der Waals surface area contributed by atoms with Crippen molar-refractivity contribution in [2.24, 2.45) is 0 Å². The maximum atomic E-state index is 11.7. The van der Waals surface area contributed by atoms with Crippen molar-refractivity contribution in [2.75, 3.05) is 39.0 Å². The van der Waals surface area contributed by atoms with Crippen LogP contribution in [-0.4, -0.2) is 65.7 Å². The number of amides is 2. The largest absolute Gasteiger partial charge is 0.506 e. The first-order valence-corrected chi connectivity index (χ1v) is 7.10. The Morgan fingerprint density at radius 3 is 2.22 bits per heavy atom. The fraction of sp³-hybridized carbons (Fsp3) is 0.467. The third-order valence-electron chi connectivity index (χ3n) is 3.13. The van der Waals surface area contributed by atoms with Crippen LogP contribution in [-0.2, 0) is 4.79 Å². The van der Waals surface area contributed by atoms with Crippen molar-refractivity contribution < 1.29 is 19.8 Å². The number of carbonyl (C=O) groups is 2. The molecule has 7 nitrogen and oxygen atoms in total. The Morgan fingerprint density at radius 2 is 1.74 bits per heavy atom. The van der Waals surface area contributed by atoms with Crippen molar-refractivity contribution in [2.45, 2.75) is 12.8 Å². The Balaban J connectivity index is 0.000000599. The average molecular weight is 346 g/mol. The molecule has 130 valence electrons. The number of nitrogens with zero attached hydrogens (tertiary/aromatic N) is 2. The van der Waals surface area contributed by atoms with Crippen molar-refractivity contribution in [3.8, 4) is 5.75 Å². The summed E-state index contributed by atoms with van der Waals surface area (Å²) in [7, 11) is 2.95. The second-order valence-electron chi connectivity index (χ2n) is 5.23. The van der Waals surface area contributed by atoms with E-state index in [2.05, 4.69) is 10.2 Å². The number of likely N-dealkylation sites (tertiary alicyclic amines) is 1. The van der Waals surface area contributed by atoms with E-state index < -0.39 is 6.09 Å². The lowest BCUT2D eigenvalue weighted by molar-refractivity contribution is -0.117. The van der Waals surface area contributed by atoms with E-state index in [9.17, 15) is 14.7 Å². The molecule has 1 aromatic rings. The van der Waals surface area contributed by atoms with Crippen molar-refractivity contribution >= 4 is 30.1 Å². The van der Waals surface area contributed by atoms with Gasteiger partial charge in [0.1, 0.15) is 5.75 Å². The Labute approximate surface area is 142 Å². The zero-order chi connectivity index (χ0) is 16.5. The molecule has 1 aromatic carbocycles. The van der Waals surface area contributed by atoms with E-state index in [1.165, 1.54) is 26.9 Å². The zero-order valence-corrected chi connectivity index (χ0v) is 14.2. The summed E-state index contributed by atoms with van der Waals surface area (Å²) in [5, 5.41) is 20.1. The number of carboxylic acid groups (broad SMARTS) is 1. The van der Waals surface area contributed by atoms with Crippen LogP contribution >= 0.6 is 12.4 Å². The lowest BCUT2D eigenvalue weighted by Gasteiger charge is -2.14. The third kappa shape index (κ3) is 8.27. The predicted octanol–water partition coefficient (Wildman–Crippen LogP) is 2.07. The Hall–Kier alpha value is -1.99. The summed E-state index contributed by atoms with van der Waals surface area (Å²) in [6.45, 7) is 2.40. The van der Waals surface area contributed by atoms with Gasteiger partial charge in [0.05, 0.1) is 12.2 Å². The fourth-order valence-electron chi connectivity index (χ4n) is 1.91. The summed E-state index contributed by atoms with van der Waals surface area (Å²) in [6, 6.07) is 6.76. The van der Waals surface area contributed by atoms with Gasteiger partial charge in [-0.25, -0.2) is 4.79 Å². The fourth-order valence-corrected chi connectivity index (χ4v) is 1.91. The Bertz CT molecular complexity index is 505. The molecule has 1 aliphatic heterocycles. The molecule has 2 amide bonds. The van der Waals surface area contributed by atoms with Crippen LogP contribution in [0.15, 0.2) is 24.3 Å². The number of phenolic OH excluding ortho intramolecular Hbond substituents is 1. The van der Waals surface area contributed by atoms with Crippen LogP contribution in [0.1, 0.15) is 12.8 Å². The van der Waals surface area contributed by atoms with Crippen molar-refractivity contribution in [3.05, 3.63) is 24.3 Å². The van der Waals surface area contributed by atoms with Crippen LogP contribution in [0.4, 0.5) is 10.5 Å². The van der Waals surface area contributed by atoms with Gasteiger partial charge in [0.25, 0.3) is 0 Å². The van der Waals surface area contributed by atoms with Gasteiger partial charge in [0.15, 0.2) is 0 Å². The molecule has 1 saturated heterocycles. The first-order chi connectivity index (χ1) is 10.4. The number of hydrogen-bond acceptors (Lipinski definition) is 4. The van der Waals surface area contributed by atoms with Gasteiger partial charge in [0.2, 0.25) is 5.91 Å². The molecule has 0 bridgehead atoms. The van der Waals surface area contributed by atoms with Crippen molar-refractivity contribution in [1.82, 2.24) is 9.80 Å². The van der Waals surface area contributed by atoms with E-state index in [0.29, 0.717) is 12.2 Å². The maximum absolute atomic E-state index is 11.7. The molecule has 0 saturated carbocycles. The first-order valence-electron chi connectivity index (χ1n) is 7.10. The maximum Gasteiger partial charge on any atom is 0.406 e. The first kappa shape index (κ1) is 21.0. The van der Waals surface area contributed by atoms with Gasteiger partial charge in [-0.2, -0.15) is 0 Å². The van der Waals surface area contributed by atoms with Crippen LogP contribution < -0.4 is 5.32 Å². The second kappa shape index (κ2) is 10.7. The topological polar surface area (TPSA) is 93.1 Å². The van der Waals surface area contributed by atoms with E-state index >= 15 is 0 Å². The Morgan fingerprint density at radius 1 is 1.22 bits per heavy atom. The highest BCUT2D eigenvalue weighted by Crippen LogP contribution is 2.21. The molecule has 0 unspecified atom stereocenters. The molecular weight excluding hydrogens is 322 g/mol. The van der Waals surface area contributed by atoms with Gasteiger partial charge >= 0.3 is 6.09 Å². The summed E-state index contributed by atoms with van der Waals surface area (Å²) in [5.41, 5.74) is 0.478. The molecule has 8 heteroatoms. The number of halogens is 1. The molecular formula is C15H24ClN3O4. The molecule has 3 N–H and O–H groups in total. The number of hydrogen-bond donors (Lipinski definition) is 3. The lowest BCUT2D eigenvalue weighted by atomic mass is 10.3. The summed E-state index contributed by atoms with van der Waals surface area (Å²) >= 11 is 0. The van der Waals surface area contributed by atoms with Gasteiger partial charge < -0.3 is 20.4 Å². The average Bonchev–Trinajstić information content (AvgIpc) is 2.94. The second-order valence-corrected chi connectivity index (χ2v) is 5.23. The lowest BCUT2D eigenvalue weighted by Crippen LogP contribution is -2.30. The van der Waals surface area contributed by atoms with Gasteiger partial charge in [-0.15, -0.1) is 12.4 Å². The number of carbonyl (C=O) groups excluding carboxylic acids is 1. The van der Waals surface area contributed by atoms with Gasteiger partial charge in [-0.3, -0.25) is 9.69 Å². The van der Waals surface area contributed by atoms with Crippen LogP contribution in [0.25, 0.3) is 0 Å². The molecule has 1 fully saturated rings. The number of aromatic hydroxyl groups is 1. The number of nitrogens with one attached hydrogen (secondary N) is 1. The SMILES string of the molecule is CN(C)C(=O)O.Cl.O=C(CN1CCCC1)Nc1ccccc1O. The third-order valence-corrected chi connectivity index (χ3v) is 3.13. The summed E-state index contributed by atoms with van der Waals surface area (Å²) < 4.78 is 0. The minimum atomic E-state index is -0.907. The minimum Gasteiger partial charge on any atom is -0.506 e. The standard InChI is InChI=1S/C12H16N2O2.C3H7NO2.ClH/c15-11-6-2-1-5-10(11)13-12(16)9-14-7-3-4-8-14;1-4(2)3(5)6;/h1-2,5-6,15H,3-4,7-9H2,(H,13,16);1-2H3,(H,5,6);1H. The summed E-state index contributed by atoms with van der Waals surface area (Å²) in [5.74, 6) is 0.0423. The number of anilines is 1. The molecule has 1 heterocycles. The highest BCUT2D eigenvalue weighted by molar-refractivity contribution is 5.93. The Kier molecular flexibility index (Phi) is 9.76. The highest BCUT2D eigenvalue weighted by Gasteiger charge is 2.15. The zero-order valence-electron chi connectivity index (χ0n) is 13.4. The van der Waals surface area contributed by atoms with Crippen LogP contribution in [0.5, 0.6) is 5.75 Å².